The van der Waals surface area contributed by atoms with Crippen molar-refractivity contribution in [2.24, 2.45) is 4.99 Å². The highest BCUT2D eigenvalue weighted by Gasteiger charge is 2.19. The van der Waals surface area contributed by atoms with Gasteiger partial charge in [0.25, 0.3) is 0 Å². The quantitative estimate of drug-likeness (QED) is 0.279. The molecule has 0 amide bonds. The van der Waals surface area contributed by atoms with E-state index in [1.54, 1.807) is 18.3 Å². The Balaban J connectivity index is 2.03. The molecule has 162 valence electrons. The molecule has 0 bridgehead atoms. The number of piperidine rings is 1. The lowest BCUT2D eigenvalue weighted by molar-refractivity contribution is -0.104. The first-order valence-corrected chi connectivity index (χ1v) is 10.3. The minimum absolute atomic E-state index is 0.00185. The third-order valence-electron chi connectivity index (χ3n) is 4.97. The van der Waals surface area contributed by atoms with Crippen LogP contribution in [-0.2, 0) is 4.79 Å². The Labute approximate surface area is 179 Å². The van der Waals surface area contributed by atoms with E-state index in [1.165, 1.54) is 19.3 Å². The molecular formula is C24H33N3O3. The second-order valence-electron chi connectivity index (χ2n) is 7.80. The standard InChI is InChI=1S/C24H33N3O3/c1-17(2)26-21-8-11-27(12-9-21)19(4)14-18(3)16-25-22(10-13-28)20-6-7-24(30-5)23(29)15-20/h6-7,10,13-17,21,26,29H,4,8-9,11-12H2,1-3,5H3/b18-14-,22-10-,25-16-. The Bertz CT molecular complexity index is 832. The van der Waals surface area contributed by atoms with E-state index in [0.717, 1.165) is 37.2 Å². The highest BCUT2D eigenvalue weighted by Crippen LogP contribution is 2.29. The number of aldehydes is 1. The van der Waals surface area contributed by atoms with E-state index < -0.39 is 0 Å². The molecular weight excluding hydrogens is 378 g/mol. The molecule has 1 aliphatic heterocycles. The number of benzene rings is 1. The minimum Gasteiger partial charge on any atom is -0.504 e. The first-order chi connectivity index (χ1) is 14.3. The lowest BCUT2D eigenvalue weighted by Gasteiger charge is -2.35. The van der Waals surface area contributed by atoms with Crippen LogP contribution in [0.25, 0.3) is 5.70 Å². The fraction of sp³-hybridized carbons (Fsp3) is 0.417. The number of hydrogen-bond donors (Lipinski definition) is 2. The highest BCUT2D eigenvalue weighted by atomic mass is 16.5. The molecule has 2 rings (SSSR count). The van der Waals surface area contributed by atoms with Gasteiger partial charge in [0.1, 0.15) is 6.29 Å². The van der Waals surface area contributed by atoms with Gasteiger partial charge in [0, 0.05) is 48.7 Å². The summed E-state index contributed by atoms with van der Waals surface area (Å²) in [5.74, 6) is 0.367. The number of likely N-dealkylation sites (tertiary alicyclic amines) is 1. The van der Waals surface area contributed by atoms with Crippen molar-refractivity contribution >= 4 is 18.2 Å². The second-order valence-corrected chi connectivity index (χ2v) is 7.80. The maximum atomic E-state index is 11.0. The molecule has 0 aliphatic carbocycles. The number of ether oxygens (including phenoxy) is 1. The maximum Gasteiger partial charge on any atom is 0.160 e. The second kappa shape index (κ2) is 11.4. The average molecular weight is 412 g/mol. The zero-order chi connectivity index (χ0) is 22.1. The number of phenolic OH excluding ortho intramolecular Hbond substituents is 1. The summed E-state index contributed by atoms with van der Waals surface area (Å²) >= 11 is 0. The fourth-order valence-electron chi connectivity index (χ4n) is 3.50. The molecule has 2 N–H and O–H groups in total. The third-order valence-corrected chi connectivity index (χ3v) is 4.97. The van der Waals surface area contributed by atoms with Gasteiger partial charge in [-0.1, -0.05) is 20.4 Å². The van der Waals surface area contributed by atoms with Crippen molar-refractivity contribution in [2.45, 2.75) is 45.7 Å². The number of hydrogen-bond acceptors (Lipinski definition) is 6. The van der Waals surface area contributed by atoms with Gasteiger partial charge in [0.15, 0.2) is 11.5 Å². The fourth-order valence-corrected chi connectivity index (χ4v) is 3.50. The summed E-state index contributed by atoms with van der Waals surface area (Å²) in [5, 5.41) is 13.6. The smallest absolute Gasteiger partial charge is 0.160 e. The van der Waals surface area contributed by atoms with Gasteiger partial charge in [-0.25, -0.2) is 0 Å². The normalized spacial score (nSPS) is 16.4. The van der Waals surface area contributed by atoms with Gasteiger partial charge in [-0.2, -0.15) is 0 Å². The number of carbonyl (C=O) groups is 1. The van der Waals surface area contributed by atoms with E-state index >= 15 is 0 Å². The van der Waals surface area contributed by atoms with Crippen LogP contribution in [0, 0.1) is 0 Å². The predicted octanol–water partition coefficient (Wildman–Crippen LogP) is 3.93. The van der Waals surface area contributed by atoms with Gasteiger partial charge in [0.05, 0.1) is 12.8 Å². The third kappa shape index (κ3) is 6.88. The first-order valence-electron chi connectivity index (χ1n) is 10.3. The molecule has 0 atom stereocenters. The molecule has 1 aromatic rings. The molecule has 6 heteroatoms. The van der Waals surface area contributed by atoms with E-state index in [-0.39, 0.29) is 5.75 Å². The molecule has 1 saturated heterocycles. The van der Waals surface area contributed by atoms with Crippen LogP contribution in [0.2, 0.25) is 0 Å². The molecule has 30 heavy (non-hydrogen) atoms. The number of methoxy groups -OCH3 is 1. The van der Waals surface area contributed by atoms with Gasteiger partial charge in [-0.3, -0.25) is 9.79 Å². The molecule has 0 aromatic heterocycles. The lowest BCUT2D eigenvalue weighted by atomic mass is 10.0. The Morgan fingerprint density at radius 2 is 2.07 bits per heavy atom. The van der Waals surface area contributed by atoms with Crippen molar-refractivity contribution in [1.82, 2.24) is 10.2 Å². The summed E-state index contributed by atoms with van der Waals surface area (Å²) in [6.07, 6.45) is 7.96. The Hall–Kier alpha value is -2.86. The topological polar surface area (TPSA) is 74.2 Å². The van der Waals surface area contributed by atoms with Crippen molar-refractivity contribution in [1.29, 1.82) is 0 Å². The van der Waals surface area contributed by atoms with E-state index in [2.05, 4.69) is 35.6 Å². The van der Waals surface area contributed by atoms with Gasteiger partial charge in [-0.15, -0.1) is 0 Å². The van der Waals surface area contributed by atoms with Gasteiger partial charge < -0.3 is 20.1 Å². The number of allylic oxidation sites excluding steroid dienone is 3. The SMILES string of the molecule is C=C(\C=C(C)/C=N\C(=C/C=O)c1ccc(OC)c(O)c1)N1CCC(NC(C)C)CC1. The molecule has 0 spiro atoms. The molecule has 1 aromatic carbocycles. The average Bonchev–Trinajstić information content (AvgIpc) is 2.71. The van der Waals surface area contributed by atoms with E-state index in [9.17, 15) is 9.90 Å². The predicted molar refractivity (Wildman–Crippen MR) is 123 cm³/mol. The molecule has 1 heterocycles. The van der Waals surface area contributed by atoms with E-state index in [4.69, 9.17) is 4.74 Å². The Morgan fingerprint density at radius 3 is 2.63 bits per heavy atom. The zero-order valence-electron chi connectivity index (χ0n) is 18.4. The van der Waals surface area contributed by atoms with Crippen LogP contribution in [0.4, 0.5) is 0 Å². The lowest BCUT2D eigenvalue weighted by Crippen LogP contribution is -2.44. The van der Waals surface area contributed by atoms with Crippen molar-refractivity contribution in [3.8, 4) is 11.5 Å². The Kier molecular flexibility index (Phi) is 8.87. The zero-order valence-corrected chi connectivity index (χ0v) is 18.4. The van der Waals surface area contributed by atoms with Crippen molar-refractivity contribution in [3.63, 3.8) is 0 Å². The van der Waals surface area contributed by atoms with Crippen LogP contribution in [0.1, 0.15) is 39.2 Å². The van der Waals surface area contributed by atoms with E-state index in [0.29, 0.717) is 35.4 Å². The van der Waals surface area contributed by atoms with Gasteiger partial charge >= 0.3 is 0 Å². The summed E-state index contributed by atoms with van der Waals surface area (Å²) in [5.41, 5.74) is 2.98. The summed E-state index contributed by atoms with van der Waals surface area (Å²) in [6.45, 7) is 12.5. The maximum absolute atomic E-state index is 11.0. The van der Waals surface area contributed by atoms with E-state index in [1.807, 2.05) is 13.0 Å². The number of carbonyl (C=O) groups excluding carboxylic acids is 1. The Morgan fingerprint density at radius 1 is 1.37 bits per heavy atom. The molecule has 1 fully saturated rings. The number of nitrogens with zero attached hydrogens (tertiary/aromatic N) is 2. The molecule has 0 unspecified atom stereocenters. The molecule has 0 radical (unpaired) electrons. The number of aromatic hydroxyl groups is 1. The van der Waals surface area contributed by atoms with Crippen LogP contribution in [0.3, 0.4) is 0 Å². The summed E-state index contributed by atoms with van der Waals surface area (Å²) in [4.78, 5) is 17.8. The largest absolute Gasteiger partial charge is 0.504 e. The van der Waals surface area contributed by atoms with Crippen LogP contribution < -0.4 is 10.1 Å². The number of rotatable bonds is 9. The first kappa shape index (κ1) is 23.4. The van der Waals surface area contributed by atoms with Crippen LogP contribution in [0.15, 0.2) is 53.2 Å². The van der Waals surface area contributed by atoms with Crippen molar-refractivity contribution in [3.05, 3.63) is 53.8 Å². The van der Waals surface area contributed by atoms with Crippen LogP contribution in [0.5, 0.6) is 11.5 Å². The summed E-state index contributed by atoms with van der Waals surface area (Å²) in [7, 11) is 1.49. The monoisotopic (exact) mass is 411 g/mol. The summed E-state index contributed by atoms with van der Waals surface area (Å²) < 4.78 is 5.06. The molecule has 6 nitrogen and oxygen atoms in total. The minimum atomic E-state index is -0.00185. The van der Waals surface area contributed by atoms with Gasteiger partial charge in [0.2, 0.25) is 0 Å². The number of phenols is 1. The van der Waals surface area contributed by atoms with Crippen LogP contribution in [-0.4, -0.2) is 54.8 Å². The van der Waals surface area contributed by atoms with Crippen molar-refractivity contribution < 1.29 is 14.6 Å². The molecule has 0 saturated carbocycles. The number of nitrogens with one attached hydrogen (secondary N) is 1. The number of aliphatic imine (C=N–C) groups is 1. The summed E-state index contributed by atoms with van der Waals surface area (Å²) in [6, 6.07) is 5.99. The van der Waals surface area contributed by atoms with Crippen molar-refractivity contribution in [2.75, 3.05) is 20.2 Å². The highest BCUT2D eigenvalue weighted by molar-refractivity contribution is 5.89. The van der Waals surface area contributed by atoms with Gasteiger partial charge in [-0.05, 0) is 49.6 Å². The molecule has 1 aliphatic rings. The van der Waals surface area contributed by atoms with Crippen LogP contribution >= 0.6 is 0 Å².